The Labute approximate surface area is 186 Å². The monoisotopic (exact) mass is 439 g/mol. The van der Waals surface area contributed by atoms with Gasteiger partial charge in [0.15, 0.2) is 5.43 Å². The van der Waals surface area contributed by atoms with Crippen LogP contribution in [0.25, 0.3) is 22.3 Å². The van der Waals surface area contributed by atoms with Crippen molar-refractivity contribution in [3.63, 3.8) is 0 Å². The molecule has 0 fully saturated rings. The van der Waals surface area contributed by atoms with Crippen LogP contribution in [0.5, 0.6) is 5.75 Å². The Hall–Kier alpha value is -3.13. The molecule has 32 heavy (non-hydrogen) atoms. The van der Waals surface area contributed by atoms with E-state index in [0.29, 0.717) is 25.5 Å². The lowest BCUT2D eigenvalue weighted by Crippen LogP contribution is -2.35. The summed E-state index contributed by atoms with van der Waals surface area (Å²) in [6.45, 7) is 9.84. The van der Waals surface area contributed by atoms with Gasteiger partial charge in [-0.25, -0.2) is 4.79 Å². The van der Waals surface area contributed by atoms with E-state index >= 15 is 0 Å². The number of carbonyl (C=O) groups is 1. The minimum absolute atomic E-state index is 0.0223. The fraction of sp³-hybridized carbons (Fsp3) is 0.458. The van der Waals surface area contributed by atoms with Crippen LogP contribution < -0.4 is 10.2 Å². The summed E-state index contributed by atoms with van der Waals surface area (Å²) in [5, 5.41) is 5.75. The third kappa shape index (κ3) is 3.79. The van der Waals surface area contributed by atoms with Crippen LogP contribution in [0.15, 0.2) is 35.3 Å². The van der Waals surface area contributed by atoms with Gasteiger partial charge < -0.3 is 18.8 Å². The van der Waals surface area contributed by atoms with Crippen molar-refractivity contribution in [3.8, 4) is 17.1 Å². The largest absolute Gasteiger partial charge is 0.489 e. The molecule has 1 aliphatic heterocycles. The van der Waals surface area contributed by atoms with Crippen molar-refractivity contribution in [3.05, 3.63) is 46.2 Å². The van der Waals surface area contributed by atoms with E-state index in [2.05, 4.69) is 20.8 Å². The molecule has 0 N–H and O–H groups in total. The average Bonchev–Trinajstić information content (AvgIpc) is 3.12. The van der Waals surface area contributed by atoms with Crippen LogP contribution in [-0.2, 0) is 16.0 Å². The standard InChI is InChI=1S/C24H29N3O5/c1-6-31-23(29)16-13-26-17(12-18(16)28)22-15-8-7-9-19(32-11-10-30-5)21(15)25-27(22)14-20(26)24(2,3)4/h7-9,12-13,20H,6,10-11,14H2,1-5H3. The van der Waals surface area contributed by atoms with E-state index in [1.54, 1.807) is 20.2 Å². The van der Waals surface area contributed by atoms with Gasteiger partial charge in [0.2, 0.25) is 0 Å². The molecule has 8 nitrogen and oxygen atoms in total. The number of rotatable bonds is 6. The predicted octanol–water partition coefficient (Wildman–Crippen LogP) is 3.67. The number of hydrogen-bond donors (Lipinski definition) is 0. The molecule has 0 spiro atoms. The van der Waals surface area contributed by atoms with Crippen LogP contribution in [0.1, 0.15) is 44.1 Å². The molecule has 0 aliphatic carbocycles. The highest BCUT2D eigenvalue weighted by molar-refractivity contribution is 5.97. The minimum Gasteiger partial charge on any atom is -0.489 e. The molecule has 0 bridgehead atoms. The van der Waals surface area contributed by atoms with Crippen LogP contribution >= 0.6 is 0 Å². The maximum Gasteiger partial charge on any atom is 0.343 e. The van der Waals surface area contributed by atoms with E-state index in [4.69, 9.17) is 19.3 Å². The van der Waals surface area contributed by atoms with Crippen molar-refractivity contribution < 1.29 is 19.0 Å². The fourth-order valence-corrected chi connectivity index (χ4v) is 4.18. The Morgan fingerprint density at radius 1 is 1.25 bits per heavy atom. The van der Waals surface area contributed by atoms with Crippen LogP contribution in [0.3, 0.4) is 0 Å². The highest BCUT2D eigenvalue weighted by atomic mass is 16.5. The molecule has 3 heterocycles. The number of aromatic nitrogens is 3. The quantitative estimate of drug-likeness (QED) is 0.430. The Morgan fingerprint density at radius 2 is 2.03 bits per heavy atom. The van der Waals surface area contributed by atoms with Gasteiger partial charge in [0.1, 0.15) is 23.4 Å². The summed E-state index contributed by atoms with van der Waals surface area (Å²) >= 11 is 0. The van der Waals surface area contributed by atoms with Gasteiger partial charge in [0.05, 0.1) is 37.2 Å². The Balaban J connectivity index is 1.93. The molecular formula is C24H29N3O5. The summed E-state index contributed by atoms with van der Waals surface area (Å²) in [6, 6.07) is 7.28. The van der Waals surface area contributed by atoms with E-state index in [1.807, 2.05) is 27.4 Å². The van der Waals surface area contributed by atoms with E-state index in [1.165, 1.54) is 6.07 Å². The first-order chi connectivity index (χ1) is 15.3. The van der Waals surface area contributed by atoms with Crippen LogP contribution in [0.2, 0.25) is 0 Å². The zero-order chi connectivity index (χ0) is 23.0. The van der Waals surface area contributed by atoms with Crippen LogP contribution in [0.4, 0.5) is 0 Å². The number of nitrogens with zero attached hydrogens (tertiary/aromatic N) is 3. The zero-order valence-corrected chi connectivity index (χ0v) is 19.2. The molecule has 8 heteroatoms. The van der Waals surface area contributed by atoms with Crippen LogP contribution in [0, 0.1) is 5.41 Å². The molecule has 3 aromatic rings. The van der Waals surface area contributed by atoms with Gasteiger partial charge in [-0.1, -0.05) is 32.9 Å². The zero-order valence-electron chi connectivity index (χ0n) is 19.2. The second kappa shape index (κ2) is 8.43. The number of ether oxygens (including phenoxy) is 3. The molecule has 2 aromatic heterocycles. The lowest BCUT2D eigenvalue weighted by atomic mass is 9.85. The lowest BCUT2D eigenvalue weighted by Gasteiger charge is -2.38. The minimum atomic E-state index is -0.599. The second-order valence-electron chi connectivity index (χ2n) is 8.97. The van der Waals surface area contributed by atoms with Gasteiger partial charge in [-0.3, -0.25) is 9.48 Å². The summed E-state index contributed by atoms with van der Waals surface area (Å²) in [5.41, 5.74) is 1.84. The van der Waals surface area contributed by atoms with Crippen molar-refractivity contribution in [2.75, 3.05) is 26.9 Å². The van der Waals surface area contributed by atoms with E-state index in [0.717, 1.165) is 22.3 Å². The first kappa shape index (κ1) is 22.1. The fourth-order valence-electron chi connectivity index (χ4n) is 4.18. The molecule has 1 atom stereocenters. The first-order valence-corrected chi connectivity index (χ1v) is 10.8. The van der Waals surface area contributed by atoms with Crippen molar-refractivity contribution in [1.29, 1.82) is 0 Å². The van der Waals surface area contributed by atoms with Gasteiger partial charge in [0, 0.05) is 24.8 Å². The SMILES string of the molecule is CCOC(=O)c1cn2c(cc1=O)-c1c3cccc(OCCOC)c3nn1CC2C(C)(C)C. The normalized spacial score (nSPS) is 15.3. The van der Waals surface area contributed by atoms with Crippen molar-refractivity contribution >= 4 is 16.9 Å². The molecule has 0 saturated heterocycles. The number of hydrogen-bond acceptors (Lipinski definition) is 6. The maximum atomic E-state index is 12.9. The van der Waals surface area contributed by atoms with Gasteiger partial charge in [0.25, 0.3) is 0 Å². The number of benzene rings is 1. The molecule has 170 valence electrons. The third-order valence-electron chi connectivity index (χ3n) is 5.78. The molecule has 1 aliphatic rings. The lowest BCUT2D eigenvalue weighted by molar-refractivity contribution is 0.0522. The summed E-state index contributed by atoms with van der Waals surface area (Å²) in [4.78, 5) is 25.3. The van der Waals surface area contributed by atoms with Gasteiger partial charge in [-0.2, -0.15) is 5.10 Å². The molecule has 0 radical (unpaired) electrons. The highest BCUT2D eigenvalue weighted by Crippen LogP contribution is 2.43. The smallest absolute Gasteiger partial charge is 0.343 e. The van der Waals surface area contributed by atoms with Crippen LogP contribution in [-0.4, -0.2) is 47.2 Å². The maximum absolute atomic E-state index is 12.9. The van der Waals surface area contributed by atoms with E-state index < -0.39 is 5.97 Å². The van der Waals surface area contributed by atoms with Gasteiger partial charge in [-0.15, -0.1) is 0 Å². The van der Waals surface area contributed by atoms with Crippen molar-refractivity contribution in [2.45, 2.75) is 40.3 Å². The Kier molecular flexibility index (Phi) is 5.81. The number of methoxy groups -OCH3 is 1. The summed E-state index contributed by atoms with van der Waals surface area (Å²) in [7, 11) is 1.63. The summed E-state index contributed by atoms with van der Waals surface area (Å²) in [5.74, 6) is 0.0732. The summed E-state index contributed by atoms with van der Waals surface area (Å²) in [6.07, 6.45) is 1.65. The number of esters is 1. The Morgan fingerprint density at radius 3 is 2.72 bits per heavy atom. The topological polar surface area (TPSA) is 84.6 Å². The molecule has 1 unspecified atom stereocenters. The van der Waals surface area contributed by atoms with Gasteiger partial charge >= 0.3 is 5.97 Å². The number of pyridine rings is 1. The number of fused-ring (bicyclic) bond motifs is 5. The molecule has 1 aromatic carbocycles. The highest BCUT2D eigenvalue weighted by Gasteiger charge is 2.35. The van der Waals surface area contributed by atoms with Crippen molar-refractivity contribution in [1.82, 2.24) is 14.3 Å². The van der Waals surface area contributed by atoms with E-state index in [-0.39, 0.29) is 29.1 Å². The second-order valence-corrected chi connectivity index (χ2v) is 8.97. The number of carbonyl (C=O) groups excluding carboxylic acids is 1. The summed E-state index contributed by atoms with van der Waals surface area (Å²) < 4.78 is 20.1. The first-order valence-electron chi connectivity index (χ1n) is 10.8. The average molecular weight is 440 g/mol. The van der Waals surface area contributed by atoms with Gasteiger partial charge in [-0.05, 0) is 18.4 Å². The molecule has 0 amide bonds. The molecule has 4 rings (SSSR count). The molecule has 0 saturated carbocycles. The Bertz CT molecular complexity index is 1220. The molecular weight excluding hydrogens is 410 g/mol. The third-order valence-corrected chi connectivity index (χ3v) is 5.78. The van der Waals surface area contributed by atoms with Crippen molar-refractivity contribution in [2.24, 2.45) is 5.41 Å². The predicted molar refractivity (Wildman–Crippen MR) is 121 cm³/mol. The van der Waals surface area contributed by atoms with E-state index in [9.17, 15) is 9.59 Å².